The summed E-state index contributed by atoms with van der Waals surface area (Å²) in [5.74, 6) is 0.882. The molecule has 0 spiro atoms. The summed E-state index contributed by atoms with van der Waals surface area (Å²) in [5.41, 5.74) is 0.606. The Labute approximate surface area is 145 Å². The SMILES string of the molecule is CC[C@H](C)Nc1ncccc1[C@H]1CCCCN1C(=O)OC(C)(C)C. The van der Waals surface area contributed by atoms with E-state index in [1.165, 1.54) is 0 Å². The number of nitrogens with zero attached hydrogens (tertiary/aromatic N) is 2. The molecule has 1 amide bonds. The molecule has 1 N–H and O–H groups in total. The Hall–Kier alpha value is -1.78. The third kappa shape index (κ3) is 4.86. The maximum absolute atomic E-state index is 12.7. The van der Waals surface area contributed by atoms with Gasteiger partial charge in [0.2, 0.25) is 0 Å². The fourth-order valence-electron chi connectivity index (χ4n) is 2.94. The molecule has 1 aliphatic rings. The minimum absolute atomic E-state index is 0.0221. The Morgan fingerprint density at radius 1 is 1.46 bits per heavy atom. The fourth-order valence-corrected chi connectivity index (χ4v) is 2.94. The quantitative estimate of drug-likeness (QED) is 0.863. The third-order valence-electron chi connectivity index (χ3n) is 4.32. The zero-order chi connectivity index (χ0) is 17.7. The van der Waals surface area contributed by atoms with Gasteiger partial charge in [0, 0.05) is 24.3 Å². The van der Waals surface area contributed by atoms with E-state index in [1.54, 1.807) is 6.20 Å². The first-order valence-corrected chi connectivity index (χ1v) is 9.03. The van der Waals surface area contributed by atoms with Crippen molar-refractivity contribution in [3.63, 3.8) is 0 Å². The van der Waals surface area contributed by atoms with E-state index in [0.29, 0.717) is 6.04 Å². The number of hydrogen-bond acceptors (Lipinski definition) is 4. The van der Waals surface area contributed by atoms with Gasteiger partial charge in [-0.2, -0.15) is 0 Å². The van der Waals surface area contributed by atoms with Crippen LogP contribution in [0.2, 0.25) is 0 Å². The summed E-state index contributed by atoms with van der Waals surface area (Å²) in [7, 11) is 0. The van der Waals surface area contributed by atoms with Crippen molar-refractivity contribution in [1.82, 2.24) is 9.88 Å². The molecule has 0 saturated carbocycles. The second kappa shape index (κ2) is 7.86. The molecular formula is C19H31N3O2. The number of amides is 1. The molecule has 1 saturated heterocycles. The lowest BCUT2D eigenvalue weighted by atomic mass is 9.95. The van der Waals surface area contributed by atoms with Crippen LogP contribution in [0.4, 0.5) is 10.6 Å². The van der Waals surface area contributed by atoms with Crippen LogP contribution in [-0.2, 0) is 4.74 Å². The van der Waals surface area contributed by atoms with Crippen LogP contribution < -0.4 is 5.32 Å². The molecule has 2 rings (SSSR count). The summed E-state index contributed by atoms with van der Waals surface area (Å²) in [5, 5.41) is 3.48. The van der Waals surface area contributed by atoms with Crippen molar-refractivity contribution in [2.24, 2.45) is 0 Å². The Balaban J connectivity index is 2.26. The molecule has 5 nitrogen and oxygen atoms in total. The van der Waals surface area contributed by atoms with E-state index in [4.69, 9.17) is 4.74 Å². The zero-order valence-electron chi connectivity index (χ0n) is 15.6. The average molecular weight is 333 g/mol. The van der Waals surface area contributed by atoms with Gasteiger partial charge in [0.15, 0.2) is 0 Å². The molecule has 1 aromatic heterocycles. The van der Waals surface area contributed by atoms with Crippen LogP contribution in [-0.4, -0.2) is 34.2 Å². The number of aromatic nitrogens is 1. The van der Waals surface area contributed by atoms with Gasteiger partial charge in [-0.15, -0.1) is 0 Å². The maximum atomic E-state index is 12.7. The second-order valence-electron chi connectivity index (χ2n) is 7.58. The van der Waals surface area contributed by atoms with E-state index in [2.05, 4.69) is 30.2 Å². The first-order valence-electron chi connectivity index (χ1n) is 9.03. The van der Waals surface area contributed by atoms with Crippen molar-refractivity contribution >= 4 is 11.9 Å². The summed E-state index contributed by atoms with van der Waals surface area (Å²) < 4.78 is 5.62. The van der Waals surface area contributed by atoms with Gasteiger partial charge in [0.05, 0.1) is 6.04 Å². The van der Waals surface area contributed by atoms with Gasteiger partial charge in [0.1, 0.15) is 11.4 Å². The highest BCUT2D eigenvalue weighted by atomic mass is 16.6. The van der Waals surface area contributed by atoms with E-state index >= 15 is 0 Å². The Bertz CT molecular complexity index is 554. The lowest BCUT2D eigenvalue weighted by Crippen LogP contribution is -2.42. The molecule has 24 heavy (non-hydrogen) atoms. The number of likely N-dealkylation sites (tertiary alicyclic amines) is 1. The lowest BCUT2D eigenvalue weighted by molar-refractivity contribution is 0.00957. The summed E-state index contributed by atoms with van der Waals surface area (Å²) in [6.45, 7) is 10.7. The predicted molar refractivity (Wildman–Crippen MR) is 97.1 cm³/mol. The van der Waals surface area contributed by atoms with Crippen LogP contribution in [0.15, 0.2) is 18.3 Å². The van der Waals surface area contributed by atoms with E-state index in [9.17, 15) is 4.79 Å². The summed E-state index contributed by atoms with van der Waals surface area (Å²) in [6, 6.07) is 4.38. The summed E-state index contributed by atoms with van der Waals surface area (Å²) >= 11 is 0. The molecule has 5 heteroatoms. The summed E-state index contributed by atoms with van der Waals surface area (Å²) in [4.78, 5) is 19.0. The van der Waals surface area contributed by atoms with Crippen LogP contribution in [0.25, 0.3) is 0 Å². The highest BCUT2D eigenvalue weighted by Gasteiger charge is 2.33. The second-order valence-corrected chi connectivity index (χ2v) is 7.58. The van der Waals surface area contributed by atoms with Crippen LogP contribution in [0.3, 0.4) is 0 Å². The number of carbonyl (C=O) groups is 1. The third-order valence-corrected chi connectivity index (χ3v) is 4.32. The Morgan fingerprint density at radius 3 is 2.88 bits per heavy atom. The fraction of sp³-hybridized carbons (Fsp3) is 0.684. The van der Waals surface area contributed by atoms with Gasteiger partial charge in [-0.25, -0.2) is 9.78 Å². The Kier molecular flexibility index (Phi) is 6.08. The Morgan fingerprint density at radius 2 is 2.21 bits per heavy atom. The molecule has 1 aromatic rings. The van der Waals surface area contributed by atoms with Crippen molar-refractivity contribution in [1.29, 1.82) is 0 Å². The molecule has 0 radical (unpaired) electrons. The first-order chi connectivity index (χ1) is 11.3. The van der Waals surface area contributed by atoms with E-state index in [1.807, 2.05) is 31.7 Å². The van der Waals surface area contributed by atoms with Gasteiger partial charge >= 0.3 is 6.09 Å². The molecule has 2 heterocycles. The van der Waals surface area contributed by atoms with Crippen LogP contribution in [0.1, 0.15) is 71.9 Å². The molecular weight excluding hydrogens is 302 g/mol. The molecule has 134 valence electrons. The van der Waals surface area contributed by atoms with Crippen molar-refractivity contribution in [2.45, 2.75) is 78.0 Å². The van der Waals surface area contributed by atoms with E-state index < -0.39 is 5.60 Å². The predicted octanol–water partition coefficient (Wildman–Crippen LogP) is 4.75. The maximum Gasteiger partial charge on any atom is 0.410 e. The average Bonchev–Trinajstić information content (AvgIpc) is 2.53. The molecule has 0 aromatic carbocycles. The molecule has 0 aliphatic carbocycles. The number of anilines is 1. The summed E-state index contributed by atoms with van der Waals surface area (Å²) in [6.07, 6.45) is 5.67. The number of piperidine rings is 1. The lowest BCUT2D eigenvalue weighted by Gasteiger charge is -2.37. The number of rotatable bonds is 4. The number of carbonyl (C=O) groups excluding carboxylic acids is 1. The highest BCUT2D eigenvalue weighted by molar-refractivity contribution is 5.69. The molecule has 2 atom stereocenters. The minimum atomic E-state index is -0.480. The van der Waals surface area contributed by atoms with E-state index in [-0.39, 0.29) is 12.1 Å². The molecule has 0 unspecified atom stereocenters. The van der Waals surface area contributed by atoms with Gasteiger partial charge < -0.3 is 15.0 Å². The van der Waals surface area contributed by atoms with Gasteiger partial charge in [0.25, 0.3) is 0 Å². The van der Waals surface area contributed by atoms with Crippen molar-refractivity contribution < 1.29 is 9.53 Å². The standard InChI is InChI=1S/C19H31N3O2/c1-6-14(2)21-17-15(10-9-12-20-17)16-11-7-8-13-22(16)18(23)24-19(3,4)5/h9-10,12,14,16H,6-8,11,13H2,1-5H3,(H,20,21)/t14-,16+/m0/s1. The smallest absolute Gasteiger partial charge is 0.410 e. The van der Waals surface area contributed by atoms with E-state index in [0.717, 1.165) is 43.6 Å². The highest BCUT2D eigenvalue weighted by Crippen LogP contribution is 2.35. The van der Waals surface area contributed by atoms with Crippen LogP contribution in [0.5, 0.6) is 0 Å². The van der Waals surface area contributed by atoms with Crippen molar-refractivity contribution in [3.05, 3.63) is 23.9 Å². The molecule has 1 fully saturated rings. The normalized spacial score (nSPS) is 19.7. The van der Waals surface area contributed by atoms with Crippen LogP contribution >= 0.6 is 0 Å². The largest absolute Gasteiger partial charge is 0.444 e. The topological polar surface area (TPSA) is 54.5 Å². The zero-order valence-corrected chi connectivity index (χ0v) is 15.6. The van der Waals surface area contributed by atoms with Gasteiger partial charge in [-0.3, -0.25) is 0 Å². The number of pyridine rings is 1. The van der Waals surface area contributed by atoms with Crippen LogP contribution in [0, 0.1) is 0 Å². The monoisotopic (exact) mass is 333 g/mol. The number of ether oxygens (including phenoxy) is 1. The first kappa shape index (κ1) is 18.6. The molecule has 0 bridgehead atoms. The van der Waals surface area contributed by atoms with Crippen molar-refractivity contribution in [3.8, 4) is 0 Å². The van der Waals surface area contributed by atoms with Gasteiger partial charge in [-0.05, 0) is 59.4 Å². The number of nitrogens with one attached hydrogen (secondary N) is 1. The number of hydrogen-bond donors (Lipinski definition) is 1. The van der Waals surface area contributed by atoms with Gasteiger partial charge in [-0.1, -0.05) is 13.0 Å². The minimum Gasteiger partial charge on any atom is -0.444 e. The molecule has 1 aliphatic heterocycles. The van der Waals surface area contributed by atoms with Crippen molar-refractivity contribution in [2.75, 3.05) is 11.9 Å².